The Morgan fingerprint density at radius 3 is 2.53 bits per heavy atom. The van der Waals surface area contributed by atoms with Crippen LogP contribution in [0.25, 0.3) is 0 Å². The Balaban J connectivity index is 1.88. The van der Waals surface area contributed by atoms with E-state index in [4.69, 9.17) is 5.73 Å². The van der Waals surface area contributed by atoms with Crippen molar-refractivity contribution in [2.45, 2.75) is 25.3 Å². The fourth-order valence-corrected chi connectivity index (χ4v) is 3.38. The Labute approximate surface area is 96.4 Å². The Bertz CT molecular complexity index is 280. The Hall–Kier alpha value is -0.470. The molecule has 0 bridgehead atoms. The monoisotopic (exact) mass is 221 g/mol. The number of rotatable bonds is 3. The van der Waals surface area contributed by atoms with Gasteiger partial charge in [-0.25, -0.2) is 0 Å². The third kappa shape index (κ3) is 3.25. The molecule has 2 heteroatoms. The Kier molecular flexibility index (Phi) is 4.09. The van der Waals surface area contributed by atoms with Gasteiger partial charge in [0, 0.05) is 6.04 Å². The predicted octanol–water partition coefficient (Wildman–Crippen LogP) is 3.22. The van der Waals surface area contributed by atoms with E-state index in [9.17, 15) is 0 Å². The summed E-state index contributed by atoms with van der Waals surface area (Å²) in [4.78, 5) is 0. The van der Waals surface area contributed by atoms with Crippen LogP contribution in [0.3, 0.4) is 0 Å². The summed E-state index contributed by atoms with van der Waals surface area (Å²) in [5, 5.41) is 0. The van der Waals surface area contributed by atoms with E-state index < -0.39 is 0 Å². The SMILES string of the molecule is NC(CC1CCSCC1)c1ccccc1. The van der Waals surface area contributed by atoms with Crippen molar-refractivity contribution in [3.8, 4) is 0 Å². The van der Waals surface area contributed by atoms with E-state index in [1.165, 1.54) is 29.9 Å². The van der Waals surface area contributed by atoms with Gasteiger partial charge in [0.15, 0.2) is 0 Å². The van der Waals surface area contributed by atoms with Crippen molar-refractivity contribution < 1.29 is 0 Å². The van der Waals surface area contributed by atoms with E-state index in [0.717, 1.165) is 12.3 Å². The van der Waals surface area contributed by atoms with E-state index in [2.05, 4.69) is 36.0 Å². The Morgan fingerprint density at radius 1 is 1.20 bits per heavy atom. The molecule has 1 fully saturated rings. The molecular formula is C13H19NS. The molecule has 1 nitrogen and oxygen atoms in total. The first-order valence-corrected chi connectivity index (χ1v) is 6.90. The largest absolute Gasteiger partial charge is 0.324 e. The second kappa shape index (κ2) is 5.57. The fourth-order valence-electron chi connectivity index (χ4n) is 2.18. The van der Waals surface area contributed by atoms with Crippen LogP contribution < -0.4 is 5.73 Å². The van der Waals surface area contributed by atoms with E-state index in [1.54, 1.807) is 0 Å². The fraction of sp³-hybridized carbons (Fsp3) is 0.538. The van der Waals surface area contributed by atoms with Crippen LogP contribution >= 0.6 is 11.8 Å². The highest BCUT2D eigenvalue weighted by atomic mass is 32.2. The summed E-state index contributed by atoms with van der Waals surface area (Å²) in [6.07, 6.45) is 3.86. The van der Waals surface area contributed by atoms with Crippen LogP contribution in [0.5, 0.6) is 0 Å². The van der Waals surface area contributed by atoms with Gasteiger partial charge in [-0.15, -0.1) is 0 Å². The van der Waals surface area contributed by atoms with Crippen molar-refractivity contribution in [2.24, 2.45) is 11.7 Å². The summed E-state index contributed by atoms with van der Waals surface area (Å²) < 4.78 is 0. The maximum atomic E-state index is 6.22. The lowest BCUT2D eigenvalue weighted by atomic mass is 9.91. The summed E-state index contributed by atoms with van der Waals surface area (Å²) in [7, 11) is 0. The first-order valence-electron chi connectivity index (χ1n) is 5.74. The van der Waals surface area contributed by atoms with Gasteiger partial charge in [-0.1, -0.05) is 30.3 Å². The van der Waals surface area contributed by atoms with Crippen molar-refractivity contribution in [1.29, 1.82) is 0 Å². The molecule has 0 radical (unpaired) electrons. The molecule has 1 saturated heterocycles. The topological polar surface area (TPSA) is 26.0 Å². The molecule has 1 aliphatic rings. The highest BCUT2D eigenvalue weighted by Crippen LogP contribution is 2.29. The van der Waals surface area contributed by atoms with Crippen LogP contribution in [-0.4, -0.2) is 11.5 Å². The third-order valence-corrected chi connectivity index (χ3v) is 4.20. The molecule has 0 amide bonds. The molecule has 2 N–H and O–H groups in total. The van der Waals surface area contributed by atoms with Gasteiger partial charge >= 0.3 is 0 Å². The molecular weight excluding hydrogens is 202 g/mol. The second-order valence-electron chi connectivity index (χ2n) is 4.31. The number of thioether (sulfide) groups is 1. The van der Waals surface area contributed by atoms with Gasteiger partial charge in [0.1, 0.15) is 0 Å². The van der Waals surface area contributed by atoms with Gasteiger partial charge in [0.25, 0.3) is 0 Å². The van der Waals surface area contributed by atoms with Crippen LogP contribution in [-0.2, 0) is 0 Å². The van der Waals surface area contributed by atoms with E-state index in [-0.39, 0.29) is 6.04 Å². The van der Waals surface area contributed by atoms with Gasteiger partial charge in [0.2, 0.25) is 0 Å². The van der Waals surface area contributed by atoms with Crippen molar-refractivity contribution in [3.05, 3.63) is 35.9 Å². The average Bonchev–Trinajstić information content (AvgIpc) is 2.31. The first kappa shape index (κ1) is 11.0. The van der Waals surface area contributed by atoms with E-state index >= 15 is 0 Å². The Morgan fingerprint density at radius 2 is 1.87 bits per heavy atom. The molecule has 1 aromatic carbocycles. The lowest BCUT2D eigenvalue weighted by molar-refractivity contribution is 0.413. The number of hydrogen-bond donors (Lipinski definition) is 1. The average molecular weight is 221 g/mol. The van der Waals surface area contributed by atoms with Crippen LogP contribution in [0.4, 0.5) is 0 Å². The minimum absolute atomic E-state index is 0.235. The number of nitrogens with two attached hydrogens (primary N) is 1. The summed E-state index contributed by atoms with van der Waals surface area (Å²) in [5.41, 5.74) is 7.51. The maximum absolute atomic E-state index is 6.22. The molecule has 0 aliphatic carbocycles. The zero-order valence-corrected chi connectivity index (χ0v) is 9.88. The molecule has 2 rings (SSSR count). The standard InChI is InChI=1S/C13H19NS/c14-13(12-4-2-1-3-5-12)10-11-6-8-15-9-7-11/h1-5,11,13H,6-10,14H2. The minimum atomic E-state index is 0.235. The molecule has 0 spiro atoms. The van der Waals surface area contributed by atoms with Gasteiger partial charge in [-0.3, -0.25) is 0 Å². The second-order valence-corrected chi connectivity index (χ2v) is 5.53. The zero-order chi connectivity index (χ0) is 10.5. The predicted molar refractivity (Wildman–Crippen MR) is 68.0 cm³/mol. The van der Waals surface area contributed by atoms with E-state index in [1.807, 2.05) is 6.07 Å². The van der Waals surface area contributed by atoms with Gasteiger partial charge < -0.3 is 5.73 Å². The molecule has 0 aromatic heterocycles. The molecule has 1 heterocycles. The quantitative estimate of drug-likeness (QED) is 0.848. The summed E-state index contributed by atoms with van der Waals surface area (Å²) >= 11 is 2.08. The summed E-state index contributed by atoms with van der Waals surface area (Å²) in [6.45, 7) is 0. The summed E-state index contributed by atoms with van der Waals surface area (Å²) in [6, 6.07) is 10.7. The minimum Gasteiger partial charge on any atom is -0.324 e. The van der Waals surface area contributed by atoms with Crippen LogP contribution in [0.15, 0.2) is 30.3 Å². The highest BCUT2D eigenvalue weighted by molar-refractivity contribution is 7.99. The molecule has 82 valence electrons. The van der Waals surface area contributed by atoms with Crippen LogP contribution in [0.2, 0.25) is 0 Å². The zero-order valence-electron chi connectivity index (χ0n) is 9.06. The van der Waals surface area contributed by atoms with E-state index in [0.29, 0.717) is 0 Å². The van der Waals surface area contributed by atoms with Gasteiger partial charge in [0.05, 0.1) is 0 Å². The summed E-state index contributed by atoms with van der Waals surface area (Å²) in [5.74, 6) is 3.50. The molecule has 0 saturated carbocycles. The molecule has 1 unspecified atom stereocenters. The number of hydrogen-bond acceptors (Lipinski definition) is 2. The normalized spacial score (nSPS) is 20.1. The number of benzene rings is 1. The molecule has 1 aliphatic heterocycles. The molecule has 15 heavy (non-hydrogen) atoms. The maximum Gasteiger partial charge on any atom is 0.0297 e. The van der Waals surface area contributed by atoms with Crippen molar-refractivity contribution in [1.82, 2.24) is 0 Å². The van der Waals surface area contributed by atoms with Crippen LogP contribution in [0.1, 0.15) is 30.9 Å². The molecule has 1 atom stereocenters. The molecule has 1 aromatic rings. The van der Waals surface area contributed by atoms with Crippen molar-refractivity contribution >= 4 is 11.8 Å². The lowest BCUT2D eigenvalue weighted by Crippen LogP contribution is -2.18. The lowest BCUT2D eigenvalue weighted by Gasteiger charge is -2.24. The van der Waals surface area contributed by atoms with Crippen LogP contribution in [0, 0.1) is 5.92 Å². The van der Waals surface area contributed by atoms with Gasteiger partial charge in [-0.05, 0) is 42.2 Å². The van der Waals surface area contributed by atoms with Crippen molar-refractivity contribution in [3.63, 3.8) is 0 Å². The smallest absolute Gasteiger partial charge is 0.0297 e. The first-order chi connectivity index (χ1) is 7.36. The van der Waals surface area contributed by atoms with Gasteiger partial charge in [-0.2, -0.15) is 11.8 Å². The van der Waals surface area contributed by atoms with Crippen molar-refractivity contribution in [2.75, 3.05) is 11.5 Å². The highest BCUT2D eigenvalue weighted by Gasteiger charge is 2.17. The third-order valence-electron chi connectivity index (χ3n) is 3.16.